The third kappa shape index (κ3) is 2.45. The number of aromatic hydroxyl groups is 1. The van der Waals surface area contributed by atoms with E-state index in [0.717, 1.165) is 11.4 Å². The smallest absolute Gasteiger partial charge is 0.259 e. The molecule has 0 aliphatic heterocycles. The van der Waals surface area contributed by atoms with Crippen molar-refractivity contribution in [1.82, 2.24) is 9.38 Å². The number of carbonyl (C=O) groups is 1. The zero-order valence-electron chi connectivity index (χ0n) is 11.8. The zero-order valence-corrected chi connectivity index (χ0v) is 11.8. The van der Waals surface area contributed by atoms with Gasteiger partial charge in [-0.05, 0) is 38.1 Å². The molecule has 2 aromatic heterocycles. The van der Waals surface area contributed by atoms with E-state index in [-0.39, 0.29) is 11.7 Å². The number of aromatic nitrogens is 2. The summed E-state index contributed by atoms with van der Waals surface area (Å²) in [6.07, 6.45) is 1.83. The van der Waals surface area contributed by atoms with Gasteiger partial charge in [-0.3, -0.25) is 4.79 Å². The van der Waals surface area contributed by atoms with E-state index in [9.17, 15) is 9.90 Å². The van der Waals surface area contributed by atoms with Gasteiger partial charge in [0.1, 0.15) is 11.4 Å². The summed E-state index contributed by atoms with van der Waals surface area (Å²) in [6.45, 7) is 3.87. The standard InChI is InChI=1S/C16H15N3O2/c1-10-8-11(2)19-7-6-14(15(19)17-10)16(21)18-12-4-3-5-13(20)9-12/h3-9,20H,1-2H3,(H,18,21). The number of fused-ring (bicyclic) bond motifs is 1. The largest absolute Gasteiger partial charge is 0.508 e. The van der Waals surface area contributed by atoms with Crippen LogP contribution in [0.5, 0.6) is 5.75 Å². The summed E-state index contributed by atoms with van der Waals surface area (Å²) in [5.41, 5.74) is 3.57. The highest BCUT2D eigenvalue weighted by Crippen LogP contribution is 2.19. The van der Waals surface area contributed by atoms with Crippen LogP contribution in [0.15, 0.2) is 42.6 Å². The summed E-state index contributed by atoms with van der Waals surface area (Å²) in [5, 5.41) is 12.2. The molecule has 0 saturated carbocycles. The number of rotatable bonds is 2. The number of phenols is 1. The van der Waals surface area contributed by atoms with Crippen molar-refractivity contribution in [3.8, 4) is 5.75 Å². The van der Waals surface area contributed by atoms with Crippen molar-refractivity contribution in [2.45, 2.75) is 13.8 Å². The van der Waals surface area contributed by atoms with E-state index in [2.05, 4.69) is 10.3 Å². The number of hydrogen-bond donors (Lipinski definition) is 2. The van der Waals surface area contributed by atoms with Gasteiger partial charge < -0.3 is 14.8 Å². The number of nitrogens with one attached hydrogen (secondary N) is 1. The maximum Gasteiger partial charge on any atom is 0.259 e. The maximum absolute atomic E-state index is 12.4. The van der Waals surface area contributed by atoms with Crippen LogP contribution in [0.2, 0.25) is 0 Å². The quantitative estimate of drug-likeness (QED) is 0.759. The van der Waals surface area contributed by atoms with Gasteiger partial charge in [-0.15, -0.1) is 0 Å². The molecule has 2 N–H and O–H groups in total. The van der Waals surface area contributed by atoms with Crippen molar-refractivity contribution in [2.75, 3.05) is 5.32 Å². The molecule has 0 spiro atoms. The van der Waals surface area contributed by atoms with Crippen molar-refractivity contribution in [2.24, 2.45) is 0 Å². The van der Waals surface area contributed by atoms with Gasteiger partial charge in [0.25, 0.3) is 5.91 Å². The number of hydrogen-bond acceptors (Lipinski definition) is 3. The Kier molecular flexibility index (Phi) is 3.10. The molecule has 0 aliphatic rings. The second kappa shape index (κ2) is 4.94. The van der Waals surface area contributed by atoms with E-state index in [0.29, 0.717) is 16.9 Å². The van der Waals surface area contributed by atoms with Crippen molar-refractivity contribution in [3.05, 3.63) is 59.5 Å². The van der Waals surface area contributed by atoms with E-state index < -0.39 is 0 Å². The van der Waals surface area contributed by atoms with Crippen molar-refractivity contribution in [1.29, 1.82) is 0 Å². The first-order valence-corrected chi connectivity index (χ1v) is 6.60. The van der Waals surface area contributed by atoms with Crippen LogP contribution in [0.4, 0.5) is 5.69 Å². The van der Waals surface area contributed by atoms with Crippen molar-refractivity contribution >= 4 is 17.2 Å². The second-order valence-electron chi connectivity index (χ2n) is 4.97. The molecule has 106 valence electrons. The van der Waals surface area contributed by atoms with Crippen molar-refractivity contribution in [3.63, 3.8) is 0 Å². The summed E-state index contributed by atoms with van der Waals surface area (Å²) in [5.74, 6) is -0.139. The van der Waals surface area contributed by atoms with Crippen LogP contribution in [-0.4, -0.2) is 20.4 Å². The SMILES string of the molecule is Cc1cc(C)n2ccc(C(=O)Nc3cccc(O)c3)c2n1. The first kappa shape index (κ1) is 13.2. The minimum Gasteiger partial charge on any atom is -0.508 e. The van der Waals surface area contributed by atoms with Crippen LogP contribution in [0.1, 0.15) is 21.7 Å². The fourth-order valence-corrected chi connectivity index (χ4v) is 2.35. The number of anilines is 1. The minimum absolute atomic E-state index is 0.111. The van der Waals surface area contributed by atoms with Crippen molar-refractivity contribution < 1.29 is 9.90 Å². The van der Waals surface area contributed by atoms with E-state index in [1.54, 1.807) is 24.3 Å². The van der Waals surface area contributed by atoms with Crippen LogP contribution < -0.4 is 5.32 Å². The molecule has 0 saturated heterocycles. The summed E-state index contributed by atoms with van der Waals surface area (Å²) in [4.78, 5) is 16.8. The molecule has 3 rings (SSSR count). The van der Waals surface area contributed by atoms with Crippen LogP contribution in [0.25, 0.3) is 5.65 Å². The van der Waals surface area contributed by atoms with Crippen LogP contribution in [-0.2, 0) is 0 Å². The van der Waals surface area contributed by atoms with E-state index in [1.807, 2.05) is 30.5 Å². The van der Waals surface area contributed by atoms with Crippen LogP contribution in [0.3, 0.4) is 0 Å². The highest BCUT2D eigenvalue weighted by atomic mass is 16.3. The lowest BCUT2D eigenvalue weighted by molar-refractivity contribution is 0.102. The Morgan fingerprint density at radius 3 is 2.81 bits per heavy atom. The molecule has 0 bridgehead atoms. The van der Waals surface area contributed by atoms with Crippen LogP contribution >= 0.6 is 0 Å². The van der Waals surface area contributed by atoms with Gasteiger partial charge in [-0.25, -0.2) is 4.98 Å². The Hall–Kier alpha value is -2.82. The Balaban J connectivity index is 1.99. The van der Waals surface area contributed by atoms with Gasteiger partial charge in [-0.2, -0.15) is 0 Å². The second-order valence-corrected chi connectivity index (χ2v) is 4.97. The first-order valence-electron chi connectivity index (χ1n) is 6.60. The monoisotopic (exact) mass is 281 g/mol. The minimum atomic E-state index is -0.249. The normalized spacial score (nSPS) is 10.8. The Morgan fingerprint density at radius 2 is 2.05 bits per heavy atom. The molecular weight excluding hydrogens is 266 g/mol. The van der Waals surface area contributed by atoms with Gasteiger partial charge in [0.15, 0.2) is 0 Å². The van der Waals surface area contributed by atoms with Gasteiger partial charge in [0, 0.05) is 29.3 Å². The molecule has 21 heavy (non-hydrogen) atoms. The van der Waals surface area contributed by atoms with Gasteiger partial charge in [-0.1, -0.05) is 6.07 Å². The average Bonchev–Trinajstić information content (AvgIpc) is 2.82. The third-order valence-electron chi connectivity index (χ3n) is 3.29. The highest BCUT2D eigenvalue weighted by molar-refractivity contribution is 6.08. The molecule has 2 heterocycles. The molecule has 0 aliphatic carbocycles. The predicted octanol–water partition coefficient (Wildman–Crippen LogP) is 2.91. The van der Waals surface area contributed by atoms with Gasteiger partial charge in [0.05, 0.1) is 5.56 Å². The number of nitrogens with zero attached hydrogens (tertiary/aromatic N) is 2. The Labute approximate surface area is 121 Å². The lowest BCUT2D eigenvalue weighted by atomic mass is 10.2. The predicted molar refractivity (Wildman–Crippen MR) is 80.7 cm³/mol. The molecule has 5 heteroatoms. The summed E-state index contributed by atoms with van der Waals surface area (Å²) < 4.78 is 1.88. The molecule has 0 unspecified atom stereocenters. The fourth-order valence-electron chi connectivity index (χ4n) is 2.35. The molecule has 0 atom stereocenters. The number of phenolic OH excluding ortho intramolecular Hbond substituents is 1. The average molecular weight is 281 g/mol. The topological polar surface area (TPSA) is 66.6 Å². The first-order chi connectivity index (χ1) is 10.0. The van der Waals surface area contributed by atoms with E-state index in [1.165, 1.54) is 6.07 Å². The van der Waals surface area contributed by atoms with Crippen LogP contribution in [0, 0.1) is 13.8 Å². The lowest BCUT2D eigenvalue weighted by Gasteiger charge is -2.06. The van der Waals surface area contributed by atoms with E-state index >= 15 is 0 Å². The summed E-state index contributed by atoms with van der Waals surface area (Å²) >= 11 is 0. The fraction of sp³-hybridized carbons (Fsp3) is 0.125. The lowest BCUT2D eigenvalue weighted by Crippen LogP contribution is -2.12. The molecule has 0 fully saturated rings. The molecule has 1 aromatic carbocycles. The Bertz CT molecular complexity index is 837. The molecule has 3 aromatic rings. The van der Waals surface area contributed by atoms with Gasteiger partial charge >= 0.3 is 0 Å². The number of aryl methyl sites for hydroxylation is 2. The third-order valence-corrected chi connectivity index (χ3v) is 3.29. The number of benzene rings is 1. The summed E-state index contributed by atoms with van der Waals surface area (Å²) in [6, 6.07) is 10.2. The molecule has 0 radical (unpaired) electrons. The molecule has 1 amide bonds. The van der Waals surface area contributed by atoms with Gasteiger partial charge in [0.2, 0.25) is 0 Å². The maximum atomic E-state index is 12.4. The highest BCUT2D eigenvalue weighted by Gasteiger charge is 2.14. The van der Waals surface area contributed by atoms with E-state index in [4.69, 9.17) is 0 Å². The number of amides is 1. The summed E-state index contributed by atoms with van der Waals surface area (Å²) in [7, 11) is 0. The zero-order chi connectivity index (χ0) is 15.0. The molecular formula is C16H15N3O2. The molecule has 5 nitrogen and oxygen atoms in total. The number of carbonyl (C=O) groups excluding carboxylic acids is 1. The Morgan fingerprint density at radius 1 is 1.24 bits per heavy atom.